The van der Waals surface area contributed by atoms with Crippen molar-refractivity contribution < 1.29 is 18.3 Å². The molecule has 5 heteroatoms. The van der Waals surface area contributed by atoms with Gasteiger partial charge in [-0.3, -0.25) is 0 Å². The first-order valence-electron chi connectivity index (χ1n) is 3.46. The molecule has 0 amide bonds. The van der Waals surface area contributed by atoms with Crippen molar-refractivity contribution in [3.63, 3.8) is 0 Å². The zero-order valence-corrected chi connectivity index (χ0v) is 8.10. The third kappa shape index (κ3) is 2.34. The smallest absolute Gasteiger partial charge is 0.332 e. The highest BCUT2D eigenvalue weighted by Gasteiger charge is 2.16. The molecule has 0 heterocycles. The van der Waals surface area contributed by atoms with Gasteiger partial charge in [0.1, 0.15) is 0 Å². The van der Waals surface area contributed by atoms with Gasteiger partial charge in [0.05, 0.1) is 10.7 Å². The molecule has 0 fully saturated rings. The van der Waals surface area contributed by atoms with Crippen molar-refractivity contribution in [2.45, 2.75) is 20.8 Å². The molecule has 0 aliphatic heterocycles. The summed E-state index contributed by atoms with van der Waals surface area (Å²) in [7, 11) is -3.34. The van der Waals surface area contributed by atoms with Crippen LogP contribution < -0.4 is 0 Å². The maximum absolute atomic E-state index is 11.1. The summed E-state index contributed by atoms with van der Waals surface area (Å²) in [6, 6.07) is 0. The number of hydrogen-bond donors (Lipinski definition) is 1. The molecule has 4 nitrogen and oxygen atoms in total. The molecule has 0 aromatic carbocycles. The van der Waals surface area contributed by atoms with E-state index in [4.69, 9.17) is 5.11 Å². The molecular weight excluding hydrogens is 180 g/mol. The van der Waals surface area contributed by atoms with Gasteiger partial charge in [-0.15, -0.1) is 0 Å². The van der Waals surface area contributed by atoms with E-state index < -0.39 is 15.8 Å². The van der Waals surface area contributed by atoms with Crippen LogP contribution in [0.3, 0.4) is 0 Å². The molecule has 0 aliphatic rings. The van der Waals surface area contributed by atoms with Gasteiger partial charge in [-0.25, -0.2) is 13.2 Å². The molecule has 70 valence electrons. The van der Waals surface area contributed by atoms with Crippen LogP contribution in [0.25, 0.3) is 0 Å². The van der Waals surface area contributed by atoms with Gasteiger partial charge < -0.3 is 5.11 Å². The molecule has 0 unspecified atom stereocenters. The number of carboxylic acids is 1. The van der Waals surface area contributed by atoms with E-state index in [9.17, 15) is 13.2 Å². The van der Waals surface area contributed by atoms with Gasteiger partial charge in [0.25, 0.3) is 0 Å². The molecule has 0 spiro atoms. The van der Waals surface area contributed by atoms with Gasteiger partial charge in [-0.05, 0) is 13.8 Å². The molecule has 0 aliphatic carbocycles. The lowest BCUT2D eigenvalue weighted by atomic mass is 10.3. The van der Waals surface area contributed by atoms with Gasteiger partial charge in [0.15, 0.2) is 9.84 Å². The van der Waals surface area contributed by atoms with Crippen LogP contribution in [-0.4, -0.2) is 25.2 Å². The van der Waals surface area contributed by atoms with Crippen molar-refractivity contribution >= 4 is 15.8 Å². The summed E-state index contributed by atoms with van der Waals surface area (Å²) in [6.07, 6.45) is 0. The minimum Gasteiger partial charge on any atom is -0.478 e. The van der Waals surface area contributed by atoms with E-state index in [1.54, 1.807) is 0 Å². The summed E-state index contributed by atoms with van der Waals surface area (Å²) >= 11 is 0. The second-order valence-corrected chi connectivity index (χ2v) is 4.81. The molecule has 0 radical (unpaired) electrons. The van der Waals surface area contributed by atoms with E-state index in [1.807, 2.05) is 0 Å². The minimum absolute atomic E-state index is 0.0579. The van der Waals surface area contributed by atoms with Crippen molar-refractivity contribution in [2.75, 3.05) is 5.75 Å². The fourth-order valence-electron chi connectivity index (χ4n) is 0.600. The number of rotatable bonds is 3. The Bertz CT molecular complexity index is 310. The number of allylic oxidation sites excluding steroid dienone is 1. The van der Waals surface area contributed by atoms with Crippen LogP contribution in [0.5, 0.6) is 0 Å². The number of aliphatic carboxylic acids is 1. The molecule has 12 heavy (non-hydrogen) atoms. The van der Waals surface area contributed by atoms with Crippen LogP contribution in [0.1, 0.15) is 20.8 Å². The number of carboxylic acid groups (broad SMARTS) is 1. The van der Waals surface area contributed by atoms with Crippen LogP contribution in [0.4, 0.5) is 0 Å². The second-order valence-electron chi connectivity index (χ2n) is 2.39. The Morgan fingerprint density at radius 3 is 2.00 bits per heavy atom. The molecule has 0 aromatic rings. The maximum Gasteiger partial charge on any atom is 0.332 e. The van der Waals surface area contributed by atoms with Crippen LogP contribution >= 0.6 is 0 Å². The largest absolute Gasteiger partial charge is 0.478 e. The van der Waals surface area contributed by atoms with Crippen molar-refractivity contribution in [3.8, 4) is 0 Å². The fourth-order valence-corrected chi connectivity index (χ4v) is 1.59. The standard InChI is InChI=1S/C7H12O4S/c1-4-12(10,11)6(3)5(2)7(8)9/h4H2,1-3H3,(H,8,9)/b6-5+. The Morgan fingerprint density at radius 2 is 1.75 bits per heavy atom. The lowest BCUT2D eigenvalue weighted by Gasteiger charge is -2.02. The maximum atomic E-state index is 11.1. The summed E-state index contributed by atoms with van der Waals surface area (Å²) < 4.78 is 22.2. The number of sulfone groups is 1. The zero-order chi connectivity index (χ0) is 9.94. The number of hydrogen-bond acceptors (Lipinski definition) is 3. The zero-order valence-electron chi connectivity index (χ0n) is 7.29. The Labute approximate surface area is 71.8 Å². The molecule has 0 saturated carbocycles. The third-order valence-electron chi connectivity index (χ3n) is 1.70. The van der Waals surface area contributed by atoms with Gasteiger partial charge in [0, 0.05) is 5.57 Å². The van der Waals surface area contributed by atoms with Crippen LogP contribution in [0.15, 0.2) is 10.5 Å². The number of carbonyl (C=O) groups is 1. The highest BCUT2D eigenvalue weighted by atomic mass is 32.2. The quantitative estimate of drug-likeness (QED) is 0.671. The summed E-state index contributed by atoms with van der Waals surface area (Å²) in [5.74, 6) is -1.26. The highest BCUT2D eigenvalue weighted by molar-refractivity contribution is 7.95. The lowest BCUT2D eigenvalue weighted by Crippen LogP contribution is -2.10. The molecule has 0 atom stereocenters. The van der Waals surface area contributed by atoms with Gasteiger partial charge in [-0.2, -0.15) is 0 Å². The van der Waals surface area contributed by atoms with Gasteiger partial charge >= 0.3 is 5.97 Å². The van der Waals surface area contributed by atoms with Crippen molar-refractivity contribution in [1.29, 1.82) is 0 Å². The van der Waals surface area contributed by atoms with Crippen molar-refractivity contribution in [3.05, 3.63) is 10.5 Å². The van der Waals surface area contributed by atoms with Crippen LogP contribution in [-0.2, 0) is 14.6 Å². The van der Waals surface area contributed by atoms with Gasteiger partial charge in [-0.1, -0.05) is 6.92 Å². The average Bonchev–Trinajstić information content (AvgIpc) is 2.01. The van der Waals surface area contributed by atoms with E-state index in [-0.39, 0.29) is 16.2 Å². The molecule has 0 saturated heterocycles. The average molecular weight is 192 g/mol. The van der Waals surface area contributed by atoms with Crippen molar-refractivity contribution in [1.82, 2.24) is 0 Å². The van der Waals surface area contributed by atoms with E-state index >= 15 is 0 Å². The van der Waals surface area contributed by atoms with Crippen LogP contribution in [0, 0.1) is 0 Å². The first-order chi connectivity index (χ1) is 5.33. The minimum atomic E-state index is -3.34. The summed E-state index contributed by atoms with van der Waals surface area (Å²) in [6.45, 7) is 4.07. The molecule has 0 bridgehead atoms. The first-order valence-corrected chi connectivity index (χ1v) is 5.11. The first kappa shape index (κ1) is 11.2. The van der Waals surface area contributed by atoms with Crippen LogP contribution in [0.2, 0.25) is 0 Å². The summed E-state index contributed by atoms with van der Waals surface area (Å²) in [4.78, 5) is 10.3. The molecule has 0 aromatic heterocycles. The van der Waals surface area contributed by atoms with E-state index in [2.05, 4.69) is 0 Å². The predicted octanol–water partition coefficient (Wildman–Crippen LogP) is 0.800. The topological polar surface area (TPSA) is 71.4 Å². The van der Waals surface area contributed by atoms with E-state index in [0.717, 1.165) is 0 Å². The highest BCUT2D eigenvalue weighted by Crippen LogP contribution is 2.11. The second kappa shape index (κ2) is 3.71. The normalized spacial score (nSPS) is 13.9. The molecule has 1 N–H and O–H groups in total. The summed E-state index contributed by atoms with van der Waals surface area (Å²) in [5.41, 5.74) is -0.114. The van der Waals surface area contributed by atoms with E-state index in [1.165, 1.54) is 20.8 Å². The Hall–Kier alpha value is -0.840. The Balaban J connectivity index is 5.20. The summed E-state index contributed by atoms with van der Waals surface area (Å²) in [5, 5.41) is 8.49. The van der Waals surface area contributed by atoms with Crippen molar-refractivity contribution in [2.24, 2.45) is 0 Å². The molecule has 0 rings (SSSR count). The third-order valence-corrected chi connectivity index (χ3v) is 3.69. The lowest BCUT2D eigenvalue weighted by molar-refractivity contribution is -0.132. The fraction of sp³-hybridized carbons (Fsp3) is 0.571. The Morgan fingerprint density at radius 1 is 1.33 bits per heavy atom. The van der Waals surface area contributed by atoms with Gasteiger partial charge in [0.2, 0.25) is 0 Å². The van der Waals surface area contributed by atoms with E-state index in [0.29, 0.717) is 0 Å². The predicted molar refractivity (Wildman–Crippen MR) is 45.5 cm³/mol. The SMILES string of the molecule is CCS(=O)(=O)/C(C)=C(\C)C(=O)O. The monoisotopic (exact) mass is 192 g/mol. The molecular formula is C7H12O4S. The Kier molecular flexibility index (Phi) is 3.45.